The van der Waals surface area contributed by atoms with Crippen LogP contribution in [0, 0.1) is 0 Å². The molecule has 0 radical (unpaired) electrons. The molecule has 0 bridgehead atoms. The topological polar surface area (TPSA) is 110 Å². The van der Waals surface area contributed by atoms with Gasteiger partial charge in [-0.05, 0) is 31.0 Å². The average Bonchev–Trinajstić information content (AvgIpc) is 2.65. The first-order valence-corrected chi connectivity index (χ1v) is 13.3. The predicted molar refractivity (Wildman–Crippen MR) is 114 cm³/mol. The van der Waals surface area contributed by atoms with E-state index in [9.17, 15) is 16.8 Å². The second-order valence-corrected chi connectivity index (χ2v) is 11.0. The Kier molecular flexibility index (Phi) is 10.4. The van der Waals surface area contributed by atoms with Gasteiger partial charge in [0.15, 0.2) is 9.84 Å². The number of hydrazine groups is 1. The zero-order valence-corrected chi connectivity index (χ0v) is 18.9. The minimum atomic E-state index is -3.87. The highest BCUT2D eigenvalue weighted by Gasteiger charge is 2.27. The summed E-state index contributed by atoms with van der Waals surface area (Å²) in [5.41, 5.74) is 2.57. The molecule has 0 aromatic heterocycles. The lowest BCUT2D eigenvalue weighted by Gasteiger charge is -2.23. The summed E-state index contributed by atoms with van der Waals surface area (Å²) in [6.07, 6.45) is 9.04. The molecule has 0 saturated heterocycles. The Balaban J connectivity index is 3.10. The Bertz CT molecular complexity index is 808. The molecule has 0 unspecified atom stereocenters. The van der Waals surface area contributed by atoms with E-state index in [1.807, 2.05) is 6.92 Å². The number of nitrogens with one attached hydrogen (secondary N) is 1. The van der Waals surface area contributed by atoms with Gasteiger partial charge in [0.25, 0.3) is 0 Å². The number of rotatable bonds is 14. The van der Waals surface area contributed by atoms with E-state index in [0.29, 0.717) is 13.1 Å². The largest absolute Gasteiger partial charge is 0.323 e. The SMILES string of the molecule is CCCCCCCCN(CCCC)S(=O)(=O)c1cc(S(C)(=O)=O)ccc1NN. The van der Waals surface area contributed by atoms with Gasteiger partial charge < -0.3 is 5.43 Å². The van der Waals surface area contributed by atoms with Gasteiger partial charge in [-0.1, -0.05) is 52.4 Å². The molecule has 28 heavy (non-hydrogen) atoms. The fraction of sp³-hybridized carbons (Fsp3) is 0.684. The highest BCUT2D eigenvalue weighted by molar-refractivity contribution is 7.91. The number of hydrogen-bond donors (Lipinski definition) is 2. The number of unbranched alkanes of at least 4 members (excludes halogenated alkanes) is 6. The molecule has 0 aliphatic heterocycles. The fourth-order valence-electron chi connectivity index (χ4n) is 2.96. The lowest BCUT2D eigenvalue weighted by atomic mass is 10.1. The van der Waals surface area contributed by atoms with E-state index >= 15 is 0 Å². The van der Waals surface area contributed by atoms with E-state index in [1.54, 1.807) is 0 Å². The third-order valence-corrected chi connectivity index (χ3v) is 7.73. The van der Waals surface area contributed by atoms with Crippen molar-refractivity contribution in [2.24, 2.45) is 5.84 Å². The van der Waals surface area contributed by atoms with Gasteiger partial charge in [0.1, 0.15) is 4.90 Å². The van der Waals surface area contributed by atoms with Crippen LogP contribution in [0.1, 0.15) is 65.2 Å². The van der Waals surface area contributed by atoms with Crippen molar-refractivity contribution in [2.45, 2.75) is 75.0 Å². The van der Waals surface area contributed by atoms with Gasteiger partial charge in [-0.2, -0.15) is 4.31 Å². The van der Waals surface area contributed by atoms with Crippen LogP contribution in [-0.2, 0) is 19.9 Å². The number of benzene rings is 1. The average molecular weight is 434 g/mol. The van der Waals surface area contributed by atoms with Crippen LogP contribution in [0.2, 0.25) is 0 Å². The summed E-state index contributed by atoms with van der Waals surface area (Å²) in [6.45, 7) is 4.99. The van der Waals surface area contributed by atoms with Crippen LogP contribution in [0.15, 0.2) is 28.0 Å². The summed E-state index contributed by atoms with van der Waals surface area (Å²) in [6, 6.07) is 3.94. The van der Waals surface area contributed by atoms with Crippen molar-refractivity contribution in [3.05, 3.63) is 18.2 Å². The minimum absolute atomic E-state index is 0.0416. The summed E-state index contributed by atoms with van der Waals surface area (Å²) in [7, 11) is -7.40. The van der Waals surface area contributed by atoms with Crippen molar-refractivity contribution in [2.75, 3.05) is 24.8 Å². The molecule has 1 rings (SSSR count). The Hall–Kier alpha value is -1.16. The zero-order chi connectivity index (χ0) is 21.2. The van der Waals surface area contributed by atoms with Crippen molar-refractivity contribution in [3.63, 3.8) is 0 Å². The van der Waals surface area contributed by atoms with Crippen LogP contribution in [0.4, 0.5) is 5.69 Å². The maximum atomic E-state index is 13.3. The smallest absolute Gasteiger partial charge is 0.245 e. The lowest BCUT2D eigenvalue weighted by molar-refractivity contribution is 0.389. The van der Waals surface area contributed by atoms with Gasteiger partial charge in [0.05, 0.1) is 10.6 Å². The number of nitrogens with zero attached hydrogens (tertiary/aromatic N) is 1. The van der Waals surface area contributed by atoms with Gasteiger partial charge in [0, 0.05) is 19.3 Å². The summed E-state index contributed by atoms with van der Waals surface area (Å²) >= 11 is 0. The lowest BCUT2D eigenvalue weighted by Crippen LogP contribution is -2.34. The van der Waals surface area contributed by atoms with E-state index in [2.05, 4.69) is 12.3 Å². The monoisotopic (exact) mass is 433 g/mol. The molecule has 1 aromatic rings. The molecule has 0 saturated carbocycles. The van der Waals surface area contributed by atoms with Gasteiger partial charge in [0.2, 0.25) is 10.0 Å². The molecular formula is C19H35N3O4S2. The van der Waals surface area contributed by atoms with E-state index in [1.165, 1.54) is 35.3 Å². The Labute approximate surface area is 170 Å². The minimum Gasteiger partial charge on any atom is -0.323 e. The van der Waals surface area contributed by atoms with E-state index < -0.39 is 19.9 Å². The molecule has 0 heterocycles. The first-order chi connectivity index (χ1) is 13.2. The van der Waals surface area contributed by atoms with Crippen molar-refractivity contribution in [3.8, 4) is 0 Å². The van der Waals surface area contributed by atoms with E-state index in [4.69, 9.17) is 5.84 Å². The van der Waals surface area contributed by atoms with Crippen LogP contribution in [-0.4, -0.2) is 40.5 Å². The first kappa shape index (κ1) is 24.9. The fourth-order valence-corrected chi connectivity index (χ4v) is 5.38. The molecule has 1 aromatic carbocycles. The Morgan fingerprint density at radius 1 is 0.893 bits per heavy atom. The summed E-state index contributed by atoms with van der Waals surface area (Å²) < 4.78 is 51.8. The van der Waals surface area contributed by atoms with Gasteiger partial charge in [-0.25, -0.2) is 16.8 Å². The first-order valence-electron chi connectivity index (χ1n) is 9.99. The number of nitrogen functional groups attached to an aromatic ring is 1. The van der Waals surface area contributed by atoms with E-state index in [-0.39, 0.29) is 15.5 Å². The van der Waals surface area contributed by atoms with Gasteiger partial charge >= 0.3 is 0 Å². The Morgan fingerprint density at radius 2 is 1.46 bits per heavy atom. The summed E-state index contributed by atoms with van der Waals surface area (Å²) in [4.78, 5) is -0.139. The second-order valence-electron chi connectivity index (χ2n) is 7.10. The summed E-state index contributed by atoms with van der Waals surface area (Å²) in [5.74, 6) is 5.49. The highest BCUT2D eigenvalue weighted by Crippen LogP contribution is 2.28. The third kappa shape index (κ3) is 7.35. The number of hydrogen-bond acceptors (Lipinski definition) is 6. The van der Waals surface area contributed by atoms with Crippen molar-refractivity contribution in [1.29, 1.82) is 0 Å². The number of anilines is 1. The molecule has 0 amide bonds. The molecule has 0 fully saturated rings. The maximum Gasteiger partial charge on any atom is 0.245 e. The predicted octanol–water partition coefficient (Wildman–Crippen LogP) is 3.53. The Morgan fingerprint density at radius 3 is 2.04 bits per heavy atom. The van der Waals surface area contributed by atoms with E-state index in [0.717, 1.165) is 44.8 Å². The second kappa shape index (κ2) is 11.7. The molecule has 0 atom stereocenters. The molecule has 9 heteroatoms. The van der Waals surface area contributed by atoms with Crippen LogP contribution in [0.3, 0.4) is 0 Å². The highest BCUT2D eigenvalue weighted by atomic mass is 32.2. The third-order valence-electron chi connectivity index (χ3n) is 4.68. The zero-order valence-electron chi connectivity index (χ0n) is 17.3. The normalized spacial score (nSPS) is 12.5. The van der Waals surface area contributed by atoms with Crippen LogP contribution < -0.4 is 11.3 Å². The molecule has 162 valence electrons. The maximum absolute atomic E-state index is 13.3. The molecule has 0 aliphatic rings. The quantitative estimate of drug-likeness (QED) is 0.264. The molecule has 3 N–H and O–H groups in total. The molecule has 7 nitrogen and oxygen atoms in total. The van der Waals surface area contributed by atoms with Crippen LogP contribution in [0.5, 0.6) is 0 Å². The van der Waals surface area contributed by atoms with Crippen molar-refractivity contribution < 1.29 is 16.8 Å². The van der Waals surface area contributed by atoms with Crippen LogP contribution in [0.25, 0.3) is 0 Å². The molecule has 0 spiro atoms. The number of sulfone groups is 1. The van der Waals surface area contributed by atoms with Crippen molar-refractivity contribution in [1.82, 2.24) is 4.31 Å². The van der Waals surface area contributed by atoms with Crippen molar-refractivity contribution >= 4 is 25.5 Å². The van der Waals surface area contributed by atoms with Crippen LogP contribution >= 0.6 is 0 Å². The number of nitrogens with two attached hydrogens (primary N) is 1. The molecular weight excluding hydrogens is 398 g/mol. The van der Waals surface area contributed by atoms with Gasteiger partial charge in [-0.15, -0.1) is 0 Å². The molecule has 0 aliphatic carbocycles. The van der Waals surface area contributed by atoms with Gasteiger partial charge in [-0.3, -0.25) is 5.84 Å². The summed E-state index contributed by atoms with van der Waals surface area (Å²) in [5, 5.41) is 0. The standard InChI is InChI=1S/C19H35N3O4S2/c1-4-6-8-9-10-11-15-22(14-7-5-2)28(25,26)19-16-17(27(3,23)24)12-13-18(19)21-20/h12-13,16,21H,4-11,14-15,20H2,1-3H3. The number of sulfonamides is 1.